The Morgan fingerprint density at radius 1 is 0.455 bits per heavy atom. The second kappa shape index (κ2) is 10.5. The van der Waals surface area contributed by atoms with Gasteiger partial charge in [-0.3, -0.25) is 0 Å². The van der Waals surface area contributed by atoms with Crippen LogP contribution in [-0.4, -0.2) is 14.8 Å². The Labute approximate surface area is 186 Å². The minimum atomic E-state index is -2.50. The van der Waals surface area contributed by atoms with Gasteiger partial charge in [0.05, 0.1) is 0 Å². The second-order valence-corrected chi connectivity index (χ2v) is 14.7. The molecular formula is C21H21BF10Si. The highest BCUT2D eigenvalue weighted by molar-refractivity contribution is 6.85. The van der Waals surface area contributed by atoms with E-state index in [2.05, 4.69) is 19.6 Å². The Morgan fingerprint density at radius 2 is 0.758 bits per heavy atom. The summed E-state index contributed by atoms with van der Waals surface area (Å²) in [7, 11) is -1.35. The van der Waals surface area contributed by atoms with Crippen LogP contribution in [0.4, 0.5) is 43.9 Å². The zero-order valence-corrected chi connectivity index (χ0v) is 19.1. The van der Waals surface area contributed by atoms with E-state index in [-0.39, 0.29) is 6.42 Å². The van der Waals surface area contributed by atoms with Crippen molar-refractivity contribution in [2.45, 2.75) is 57.7 Å². The predicted octanol–water partition coefficient (Wildman–Crippen LogP) is 6.59. The number of unbranched alkanes of at least 4 members (excludes halogenated alkanes) is 3. The van der Waals surface area contributed by atoms with Crippen molar-refractivity contribution in [2.24, 2.45) is 0 Å². The summed E-state index contributed by atoms with van der Waals surface area (Å²) in [6, 6.07) is 0.950. The summed E-state index contributed by atoms with van der Waals surface area (Å²) in [6.45, 7) is 4.11. The Kier molecular flexibility index (Phi) is 8.69. The third-order valence-electron chi connectivity index (χ3n) is 5.35. The van der Waals surface area contributed by atoms with Crippen LogP contribution < -0.4 is 10.9 Å². The fourth-order valence-corrected chi connectivity index (χ4v) is 4.96. The van der Waals surface area contributed by atoms with Crippen molar-refractivity contribution in [3.8, 4) is 0 Å². The summed E-state index contributed by atoms with van der Waals surface area (Å²) in [6.07, 6.45) is 1.11. The molecule has 0 spiro atoms. The predicted molar refractivity (Wildman–Crippen MR) is 109 cm³/mol. The lowest BCUT2D eigenvalue weighted by molar-refractivity contribution is 0.382. The van der Waals surface area contributed by atoms with Gasteiger partial charge in [-0.2, -0.15) is 0 Å². The molecule has 0 heterocycles. The first kappa shape index (κ1) is 27.3. The standard InChI is InChI=1S/C21H21BF10Si/c1-33(2,3)9-7-5-4-6-8-22(10-12(23)16(27)20(31)17(28)13(10)24)11-14(25)18(29)21(32)19(30)15(11)26/h4-9H2,1-3H3. The highest BCUT2D eigenvalue weighted by atomic mass is 28.3. The molecule has 0 saturated carbocycles. The van der Waals surface area contributed by atoms with E-state index in [1.165, 1.54) is 0 Å². The van der Waals surface area contributed by atoms with Crippen molar-refractivity contribution in [2.75, 3.05) is 0 Å². The highest BCUT2D eigenvalue weighted by Crippen LogP contribution is 2.23. The van der Waals surface area contributed by atoms with E-state index >= 15 is 0 Å². The molecule has 0 unspecified atom stereocenters. The van der Waals surface area contributed by atoms with Gasteiger partial charge in [0.25, 0.3) is 0 Å². The number of halogens is 10. The van der Waals surface area contributed by atoms with Crippen LogP contribution in [0.1, 0.15) is 25.7 Å². The van der Waals surface area contributed by atoms with E-state index in [1.807, 2.05) is 0 Å². The average Bonchev–Trinajstić information content (AvgIpc) is 2.74. The molecule has 0 saturated heterocycles. The molecule has 0 aromatic heterocycles. The SMILES string of the molecule is C[Si](C)(C)CCCCCCB(c1c(F)c(F)c(F)c(F)c1F)c1c(F)c(F)c(F)c(F)c1F. The lowest BCUT2D eigenvalue weighted by atomic mass is 9.37. The van der Waals surface area contributed by atoms with Crippen molar-refractivity contribution in [1.82, 2.24) is 0 Å². The molecular weight excluding hydrogens is 481 g/mol. The van der Waals surface area contributed by atoms with Crippen molar-refractivity contribution in [3.05, 3.63) is 58.2 Å². The second-order valence-electron chi connectivity index (χ2n) is 9.03. The maximum atomic E-state index is 14.4. The molecule has 0 aliphatic carbocycles. The monoisotopic (exact) mass is 502 g/mol. The Hall–Kier alpha value is -1.98. The molecule has 0 fully saturated rings. The fourth-order valence-electron chi connectivity index (χ4n) is 3.65. The van der Waals surface area contributed by atoms with Crippen LogP contribution in [0.5, 0.6) is 0 Å². The maximum Gasteiger partial charge on any atom is 0.225 e. The summed E-state index contributed by atoms with van der Waals surface area (Å²) in [5.74, 6) is -24.1. The van der Waals surface area contributed by atoms with Gasteiger partial charge in [0.15, 0.2) is 58.2 Å². The summed E-state index contributed by atoms with van der Waals surface area (Å²) in [5.41, 5.74) is -3.28. The average molecular weight is 502 g/mol. The number of hydrogen-bond donors (Lipinski definition) is 0. The normalized spacial score (nSPS) is 11.9. The van der Waals surface area contributed by atoms with Crippen LogP contribution in [0.25, 0.3) is 0 Å². The molecule has 182 valence electrons. The van der Waals surface area contributed by atoms with Crippen LogP contribution in [0.2, 0.25) is 32.0 Å². The van der Waals surface area contributed by atoms with Gasteiger partial charge in [0, 0.05) is 19.0 Å². The van der Waals surface area contributed by atoms with Crippen molar-refractivity contribution < 1.29 is 43.9 Å². The van der Waals surface area contributed by atoms with Crippen LogP contribution in [0, 0.1) is 58.2 Å². The summed E-state index contributed by atoms with van der Waals surface area (Å²) in [5, 5.41) is 0. The Morgan fingerprint density at radius 3 is 1.09 bits per heavy atom. The van der Waals surface area contributed by atoms with Crippen LogP contribution in [0.15, 0.2) is 0 Å². The first-order valence-corrected chi connectivity index (χ1v) is 13.9. The quantitative estimate of drug-likeness (QED) is 0.119. The first-order chi connectivity index (χ1) is 15.2. The van der Waals surface area contributed by atoms with Gasteiger partial charge in [-0.15, -0.1) is 0 Å². The van der Waals surface area contributed by atoms with Crippen LogP contribution >= 0.6 is 0 Å². The molecule has 2 aromatic carbocycles. The van der Waals surface area contributed by atoms with E-state index in [4.69, 9.17) is 0 Å². The smallest absolute Gasteiger partial charge is 0.204 e. The number of benzene rings is 2. The molecule has 12 heteroatoms. The molecule has 0 amide bonds. The summed E-state index contributed by atoms with van der Waals surface area (Å²) in [4.78, 5) is 0. The van der Waals surface area contributed by atoms with Crippen molar-refractivity contribution in [3.63, 3.8) is 0 Å². The van der Waals surface area contributed by atoms with Gasteiger partial charge in [-0.25, -0.2) is 43.9 Å². The molecule has 0 nitrogen and oxygen atoms in total. The van der Waals surface area contributed by atoms with Gasteiger partial charge < -0.3 is 0 Å². The maximum absolute atomic E-state index is 14.4. The van der Waals surface area contributed by atoms with E-state index < -0.39 is 90.2 Å². The molecule has 0 N–H and O–H groups in total. The molecule has 0 atom stereocenters. The van der Waals surface area contributed by atoms with Crippen LogP contribution in [-0.2, 0) is 0 Å². The Balaban J connectivity index is 2.53. The molecule has 0 bridgehead atoms. The highest BCUT2D eigenvalue weighted by Gasteiger charge is 2.39. The lowest BCUT2D eigenvalue weighted by Crippen LogP contribution is -2.50. The van der Waals surface area contributed by atoms with E-state index in [9.17, 15) is 43.9 Å². The van der Waals surface area contributed by atoms with Gasteiger partial charge in [0.1, 0.15) is 0 Å². The zero-order valence-electron chi connectivity index (χ0n) is 18.1. The topological polar surface area (TPSA) is 0 Å². The fraction of sp³-hybridized carbons (Fsp3) is 0.429. The summed E-state index contributed by atoms with van der Waals surface area (Å²) < 4.78 is 140. The molecule has 0 radical (unpaired) electrons. The van der Waals surface area contributed by atoms with Gasteiger partial charge in [-0.05, 0) is 0 Å². The van der Waals surface area contributed by atoms with Gasteiger partial charge in [0.2, 0.25) is 6.71 Å². The molecule has 2 rings (SSSR count). The lowest BCUT2D eigenvalue weighted by Gasteiger charge is -2.20. The van der Waals surface area contributed by atoms with E-state index in [0.29, 0.717) is 12.8 Å². The molecule has 2 aromatic rings. The zero-order chi connectivity index (χ0) is 25.2. The van der Waals surface area contributed by atoms with Crippen molar-refractivity contribution in [1.29, 1.82) is 0 Å². The summed E-state index contributed by atoms with van der Waals surface area (Å²) >= 11 is 0. The Bertz CT molecular complexity index is 908. The third-order valence-corrected chi connectivity index (χ3v) is 7.21. The van der Waals surface area contributed by atoms with Crippen molar-refractivity contribution >= 4 is 25.7 Å². The largest absolute Gasteiger partial charge is 0.225 e. The van der Waals surface area contributed by atoms with E-state index in [1.54, 1.807) is 0 Å². The molecule has 33 heavy (non-hydrogen) atoms. The van der Waals surface area contributed by atoms with Gasteiger partial charge >= 0.3 is 0 Å². The van der Waals surface area contributed by atoms with E-state index in [0.717, 1.165) is 12.5 Å². The van der Waals surface area contributed by atoms with Crippen LogP contribution in [0.3, 0.4) is 0 Å². The molecule has 0 aliphatic heterocycles. The molecule has 0 aliphatic rings. The van der Waals surface area contributed by atoms with Gasteiger partial charge in [-0.1, -0.05) is 57.7 Å². The first-order valence-electron chi connectivity index (χ1n) is 10.2. The minimum absolute atomic E-state index is 0.0185. The number of rotatable bonds is 9. The minimum Gasteiger partial charge on any atom is -0.204 e. The number of hydrogen-bond acceptors (Lipinski definition) is 0. The third kappa shape index (κ3) is 5.75.